The summed E-state index contributed by atoms with van der Waals surface area (Å²) < 4.78 is 7.36. The van der Waals surface area contributed by atoms with Crippen LogP contribution < -0.4 is 15.4 Å². The molecular weight excluding hydrogens is 392 g/mol. The first-order valence-electron chi connectivity index (χ1n) is 10.2. The summed E-state index contributed by atoms with van der Waals surface area (Å²) in [6.45, 7) is 5.25. The summed E-state index contributed by atoms with van der Waals surface area (Å²) in [6, 6.07) is 17.2. The van der Waals surface area contributed by atoms with E-state index in [1.807, 2.05) is 74.6 Å². The molecule has 0 fully saturated rings. The fraction of sp³-hybridized carbons (Fsp3) is 0.217. The van der Waals surface area contributed by atoms with Crippen LogP contribution in [0.3, 0.4) is 0 Å². The lowest BCUT2D eigenvalue weighted by Gasteiger charge is -2.14. The third kappa shape index (κ3) is 4.63. The molecule has 4 rings (SSSR count). The van der Waals surface area contributed by atoms with E-state index in [2.05, 4.69) is 25.9 Å². The van der Waals surface area contributed by atoms with Gasteiger partial charge in [0.05, 0.1) is 17.9 Å². The van der Waals surface area contributed by atoms with Gasteiger partial charge in [0, 0.05) is 19.3 Å². The molecule has 8 nitrogen and oxygen atoms in total. The zero-order valence-electron chi connectivity index (χ0n) is 17.5. The largest absolute Gasteiger partial charge is 0.493 e. The van der Waals surface area contributed by atoms with Crippen LogP contribution >= 0.6 is 0 Å². The number of nitrogens with zero attached hydrogens (tertiary/aromatic N) is 4. The number of ether oxygens (including phenoxy) is 1. The number of nitrogens with one attached hydrogen (secondary N) is 2. The molecular formula is C23H24N6O2. The van der Waals surface area contributed by atoms with Crippen molar-refractivity contribution in [3.63, 3.8) is 0 Å². The van der Waals surface area contributed by atoms with Crippen LogP contribution in [0.5, 0.6) is 5.75 Å². The van der Waals surface area contributed by atoms with Crippen molar-refractivity contribution in [1.82, 2.24) is 25.3 Å². The van der Waals surface area contributed by atoms with E-state index in [1.165, 1.54) is 0 Å². The van der Waals surface area contributed by atoms with Gasteiger partial charge < -0.3 is 15.4 Å². The normalized spacial score (nSPS) is 10.8. The van der Waals surface area contributed by atoms with E-state index in [9.17, 15) is 4.79 Å². The Bertz CT molecular complexity index is 1190. The SMILES string of the molecule is CCOc1ccc2ccccc2c1C(=O)NCCNc1ccc(-n2ccc(C)n2)nn1. The third-order valence-electron chi connectivity index (χ3n) is 4.74. The molecule has 0 radical (unpaired) electrons. The van der Waals surface area contributed by atoms with Gasteiger partial charge in [0.15, 0.2) is 5.82 Å². The van der Waals surface area contributed by atoms with Crippen LogP contribution in [0.1, 0.15) is 23.0 Å². The quantitative estimate of drug-likeness (QED) is 0.428. The molecule has 2 N–H and O–H groups in total. The van der Waals surface area contributed by atoms with Crippen molar-refractivity contribution in [2.45, 2.75) is 13.8 Å². The van der Waals surface area contributed by atoms with Crippen molar-refractivity contribution >= 4 is 22.5 Å². The second kappa shape index (κ2) is 9.25. The van der Waals surface area contributed by atoms with Gasteiger partial charge in [-0.25, -0.2) is 4.68 Å². The van der Waals surface area contributed by atoms with Crippen molar-refractivity contribution in [3.8, 4) is 11.6 Å². The zero-order chi connectivity index (χ0) is 21.6. The number of aryl methyl sites for hydroxylation is 1. The number of benzene rings is 2. The molecule has 4 aromatic rings. The lowest BCUT2D eigenvalue weighted by Crippen LogP contribution is -2.29. The molecule has 0 bridgehead atoms. The average molecular weight is 416 g/mol. The molecule has 0 aliphatic rings. The smallest absolute Gasteiger partial charge is 0.255 e. The fourth-order valence-corrected chi connectivity index (χ4v) is 3.30. The van der Waals surface area contributed by atoms with Crippen molar-refractivity contribution in [2.75, 3.05) is 25.0 Å². The predicted molar refractivity (Wildman–Crippen MR) is 120 cm³/mol. The summed E-state index contributed by atoms with van der Waals surface area (Å²) >= 11 is 0. The number of aromatic nitrogens is 4. The number of fused-ring (bicyclic) bond motifs is 1. The van der Waals surface area contributed by atoms with Gasteiger partial charge in [-0.3, -0.25) is 4.79 Å². The number of carbonyl (C=O) groups is 1. The minimum Gasteiger partial charge on any atom is -0.493 e. The maximum Gasteiger partial charge on any atom is 0.255 e. The molecule has 0 saturated heterocycles. The molecule has 2 heterocycles. The minimum atomic E-state index is -0.169. The highest BCUT2D eigenvalue weighted by Gasteiger charge is 2.16. The van der Waals surface area contributed by atoms with Gasteiger partial charge in [-0.1, -0.05) is 30.3 Å². The summed E-state index contributed by atoms with van der Waals surface area (Å²) in [5.74, 6) is 1.69. The van der Waals surface area contributed by atoms with E-state index in [-0.39, 0.29) is 5.91 Å². The van der Waals surface area contributed by atoms with Crippen LogP contribution in [0.2, 0.25) is 0 Å². The van der Waals surface area contributed by atoms with Gasteiger partial charge in [0.2, 0.25) is 0 Å². The predicted octanol–water partition coefficient (Wildman–Crippen LogP) is 3.36. The molecule has 8 heteroatoms. The van der Waals surface area contributed by atoms with E-state index in [1.54, 1.807) is 4.68 Å². The standard InChI is InChI=1S/C23H24N6O2/c1-3-31-19-9-8-17-6-4-5-7-18(17)22(19)23(30)25-14-13-24-20-10-11-21(27-26-20)29-15-12-16(2)28-29/h4-12,15H,3,13-14H2,1-2H3,(H,24,26)(H,25,30). The monoisotopic (exact) mass is 416 g/mol. The summed E-state index contributed by atoms with van der Waals surface area (Å²) in [7, 11) is 0. The van der Waals surface area contributed by atoms with Gasteiger partial charge in [-0.15, -0.1) is 10.2 Å². The first-order chi connectivity index (χ1) is 15.2. The van der Waals surface area contributed by atoms with Gasteiger partial charge in [-0.05, 0) is 48.9 Å². The first-order valence-corrected chi connectivity index (χ1v) is 10.2. The number of anilines is 1. The van der Waals surface area contributed by atoms with E-state index in [0.29, 0.717) is 42.6 Å². The molecule has 2 aromatic carbocycles. The Morgan fingerprint density at radius 1 is 1.03 bits per heavy atom. The Kier molecular flexibility index (Phi) is 6.07. The number of hydrogen-bond donors (Lipinski definition) is 2. The molecule has 0 saturated carbocycles. The number of carbonyl (C=O) groups excluding carboxylic acids is 1. The first kappa shape index (κ1) is 20.3. The average Bonchev–Trinajstić information content (AvgIpc) is 3.23. The Morgan fingerprint density at radius 3 is 2.65 bits per heavy atom. The van der Waals surface area contributed by atoms with Gasteiger partial charge in [-0.2, -0.15) is 5.10 Å². The highest BCUT2D eigenvalue weighted by atomic mass is 16.5. The maximum atomic E-state index is 12.9. The van der Waals surface area contributed by atoms with Gasteiger partial charge in [0.1, 0.15) is 11.6 Å². The number of amides is 1. The van der Waals surface area contributed by atoms with Crippen LogP contribution in [0, 0.1) is 6.92 Å². The molecule has 31 heavy (non-hydrogen) atoms. The maximum absolute atomic E-state index is 12.9. The summed E-state index contributed by atoms with van der Waals surface area (Å²) in [6.07, 6.45) is 1.84. The molecule has 0 aliphatic heterocycles. The highest BCUT2D eigenvalue weighted by Crippen LogP contribution is 2.28. The lowest BCUT2D eigenvalue weighted by atomic mass is 10.0. The van der Waals surface area contributed by atoms with E-state index < -0.39 is 0 Å². The second-order valence-corrected chi connectivity index (χ2v) is 6.95. The summed E-state index contributed by atoms with van der Waals surface area (Å²) in [5.41, 5.74) is 1.47. The summed E-state index contributed by atoms with van der Waals surface area (Å²) in [4.78, 5) is 12.9. The van der Waals surface area contributed by atoms with Crippen molar-refractivity contribution < 1.29 is 9.53 Å². The van der Waals surface area contributed by atoms with Crippen LogP contribution in [-0.2, 0) is 0 Å². The zero-order valence-corrected chi connectivity index (χ0v) is 17.5. The van der Waals surface area contributed by atoms with Crippen LogP contribution in [0.15, 0.2) is 60.8 Å². The molecule has 0 unspecified atom stereocenters. The van der Waals surface area contributed by atoms with Gasteiger partial charge >= 0.3 is 0 Å². The van der Waals surface area contributed by atoms with E-state index in [0.717, 1.165) is 16.5 Å². The minimum absolute atomic E-state index is 0.169. The van der Waals surface area contributed by atoms with E-state index in [4.69, 9.17) is 4.74 Å². The van der Waals surface area contributed by atoms with Crippen LogP contribution in [0.4, 0.5) is 5.82 Å². The van der Waals surface area contributed by atoms with Crippen molar-refractivity contribution in [1.29, 1.82) is 0 Å². The Balaban J connectivity index is 1.37. The molecule has 0 spiro atoms. The summed E-state index contributed by atoms with van der Waals surface area (Å²) in [5, 5.41) is 20.6. The molecule has 2 aromatic heterocycles. The van der Waals surface area contributed by atoms with E-state index >= 15 is 0 Å². The lowest BCUT2D eigenvalue weighted by molar-refractivity contribution is 0.0953. The molecule has 0 aliphatic carbocycles. The number of hydrogen-bond acceptors (Lipinski definition) is 6. The van der Waals surface area contributed by atoms with Crippen LogP contribution in [-0.4, -0.2) is 45.6 Å². The Morgan fingerprint density at radius 2 is 1.90 bits per heavy atom. The molecule has 1 amide bonds. The van der Waals surface area contributed by atoms with Crippen molar-refractivity contribution in [3.05, 3.63) is 72.1 Å². The third-order valence-corrected chi connectivity index (χ3v) is 4.74. The highest BCUT2D eigenvalue weighted by molar-refractivity contribution is 6.09. The topological polar surface area (TPSA) is 94.0 Å². The van der Waals surface area contributed by atoms with Crippen LogP contribution in [0.25, 0.3) is 16.6 Å². The Labute approximate surface area is 180 Å². The number of rotatable bonds is 8. The molecule has 158 valence electrons. The molecule has 0 atom stereocenters. The Hall–Kier alpha value is -3.94. The van der Waals surface area contributed by atoms with Gasteiger partial charge in [0.25, 0.3) is 5.91 Å². The second-order valence-electron chi connectivity index (χ2n) is 6.95. The fourth-order valence-electron chi connectivity index (χ4n) is 3.30. The van der Waals surface area contributed by atoms with Crippen molar-refractivity contribution in [2.24, 2.45) is 0 Å².